The van der Waals surface area contributed by atoms with E-state index in [4.69, 9.17) is 14.6 Å². The van der Waals surface area contributed by atoms with Gasteiger partial charge in [-0.05, 0) is 25.1 Å². The Bertz CT molecular complexity index is 491. The molecule has 8 heteroatoms. The van der Waals surface area contributed by atoms with E-state index in [0.717, 1.165) is 0 Å². The minimum Gasteiger partial charge on any atom is -0.493 e. The van der Waals surface area contributed by atoms with Crippen molar-refractivity contribution < 1.29 is 32.5 Å². The number of ether oxygens (including phenoxy) is 2. The van der Waals surface area contributed by atoms with Gasteiger partial charge in [0.05, 0.1) is 20.3 Å². The normalized spacial score (nSPS) is 12.7. The van der Waals surface area contributed by atoms with E-state index in [1.165, 1.54) is 25.3 Å². The first-order valence-corrected chi connectivity index (χ1v) is 6.13. The summed E-state index contributed by atoms with van der Waals surface area (Å²) in [6.07, 6.45) is -7.38. The number of carbonyl (C=O) groups excluding carboxylic acids is 1. The second-order valence-electron chi connectivity index (χ2n) is 4.07. The van der Waals surface area contributed by atoms with Crippen LogP contribution in [0.2, 0.25) is 0 Å². The molecule has 0 aliphatic rings. The molecule has 1 atom stereocenters. The summed E-state index contributed by atoms with van der Waals surface area (Å²) in [4.78, 5) is 11.7. The molecule has 0 fully saturated rings. The molecule has 0 spiro atoms. The Hall–Kier alpha value is -1.96. The average Bonchev–Trinajstić information content (AvgIpc) is 2.43. The molecule has 1 aromatic rings. The van der Waals surface area contributed by atoms with Gasteiger partial charge in [-0.3, -0.25) is 4.79 Å². The third-order valence-corrected chi connectivity index (χ3v) is 2.56. The maximum atomic E-state index is 12.1. The second-order valence-corrected chi connectivity index (χ2v) is 4.07. The summed E-state index contributed by atoms with van der Waals surface area (Å²) in [6, 6.07) is 4.22. The first kappa shape index (κ1) is 17.1. The number of alkyl halides is 3. The SMILES string of the molecule is CCOc1cc(C(=O)NCC(O)C(F)(F)F)ccc1OC. The fourth-order valence-corrected chi connectivity index (χ4v) is 1.49. The summed E-state index contributed by atoms with van der Waals surface area (Å²) < 4.78 is 46.7. The Labute approximate surface area is 119 Å². The number of nitrogens with one attached hydrogen (secondary N) is 1. The van der Waals surface area contributed by atoms with E-state index in [2.05, 4.69) is 0 Å². The lowest BCUT2D eigenvalue weighted by atomic mass is 10.2. The van der Waals surface area contributed by atoms with Crippen molar-refractivity contribution >= 4 is 5.91 Å². The number of carbonyl (C=O) groups is 1. The van der Waals surface area contributed by atoms with E-state index >= 15 is 0 Å². The van der Waals surface area contributed by atoms with Crippen molar-refractivity contribution in [3.8, 4) is 11.5 Å². The molecular formula is C13H16F3NO4. The predicted octanol–water partition coefficient (Wildman–Crippen LogP) is 1.75. The molecule has 2 N–H and O–H groups in total. The quantitative estimate of drug-likeness (QED) is 0.840. The minimum atomic E-state index is -4.77. The zero-order chi connectivity index (χ0) is 16.0. The van der Waals surface area contributed by atoms with Gasteiger partial charge in [-0.1, -0.05) is 0 Å². The summed E-state index contributed by atoms with van der Waals surface area (Å²) in [5.41, 5.74) is 0.105. The van der Waals surface area contributed by atoms with Crippen molar-refractivity contribution in [3.63, 3.8) is 0 Å². The van der Waals surface area contributed by atoms with Crippen LogP contribution >= 0.6 is 0 Å². The van der Waals surface area contributed by atoms with Gasteiger partial charge in [0.15, 0.2) is 17.6 Å². The maximum absolute atomic E-state index is 12.1. The van der Waals surface area contributed by atoms with Crippen LogP contribution in [0.5, 0.6) is 11.5 Å². The molecule has 0 aliphatic heterocycles. The summed E-state index contributed by atoms with van der Waals surface area (Å²) >= 11 is 0. The number of hydrogen-bond acceptors (Lipinski definition) is 4. The monoisotopic (exact) mass is 307 g/mol. The molecule has 0 aliphatic carbocycles. The molecule has 0 saturated heterocycles. The molecular weight excluding hydrogens is 291 g/mol. The number of amides is 1. The zero-order valence-electron chi connectivity index (χ0n) is 11.5. The van der Waals surface area contributed by atoms with Gasteiger partial charge in [0.1, 0.15) is 0 Å². The standard InChI is InChI=1S/C13H16F3NO4/c1-3-21-10-6-8(4-5-9(10)20-2)12(19)17-7-11(18)13(14,15)16/h4-6,11,18H,3,7H2,1-2H3,(H,17,19). The van der Waals surface area contributed by atoms with E-state index < -0.39 is 24.7 Å². The van der Waals surface area contributed by atoms with Crippen LogP contribution in [0, 0.1) is 0 Å². The lowest BCUT2D eigenvalue weighted by Crippen LogP contribution is -2.40. The van der Waals surface area contributed by atoms with Crippen LogP contribution in [-0.4, -0.2) is 43.6 Å². The summed E-state index contributed by atoms with van der Waals surface area (Å²) in [6.45, 7) is 1.17. The molecule has 0 heterocycles. The van der Waals surface area contributed by atoms with Crippen molar-refractivity contribution in [2.24, 2.45) is 0 Å². The van der Waals surface area contributed by atoms with E-state index in [9.17, 15) is 18.0 Å². The molecule has 0 aromatic heterocycles. The fourth-order valence-electron chi connectivity index (χ4n) is 1.49. The zero-order valence-corrected chi connectivity index (χ0v) is 11.5. The van der Waals surface area contributed by atoms with Gasteiger partial charge in [0.25, 0.3) is 5.91 Å². The van der Waals surface area contributed by atoms with Gasteiger partial charge in [-0.2, -0.15) is 13.2 Å². The van der Waals surface area contributed by atoms with Crippen LogP contribution in [0.3, 0.4) is 0 Å². The maximum Gasteiger partial charge on any atom is 0.416 e. The number of hydrogen-bond donors (Lipinski definition) is 2. The van der Waals surface area contributed by atoms with E-state index in [-0.39, 0.29) is 5.56 Å². The van der Waals surface area contributed by atoms with Crippen molar-refractivity contribution in [2.45, 2.75) is 19.2 Å². The first-order valence-electron chi connectivity index (χ1n) is 6.13. The van der Waals surface area contributed by atoms with Crippen LogP contribution < -0.4 is 14.8 Å². The molecule has 0 bridgehead atoms. The highest BCUT2D eigenvalue weighted by Crippen LogP contribution is 2.28. The third kappa shape index (κ3) is 4.82. The summed E-state index contributed by atoms with van der Waals surface area (Å²) in [5.74, 6) is -0.0327. The molecule has 1 amide bonds. The molecule has 118 valence electrons. The number of rotatable bonds is 6. The van der Waals surface area contributed by atoms with Gasteiger partial charge < -0.3 is 19.9 Å². The Kier molecular flexibility index (Phi) is 5.83. The number of aliphatic hydroxyl groups excluding tert-OH is 1. The highest BCUT2D eigenvalue weighted by Gasteiger charge is 2.38. The number of methoxy groups -OCH3 is 1. The smallest absolute Gasteiger partial charge is 0.416 e. The largest absolute Gasteiger partial charge is 0.493 e. The van der Waals surface area contributed by atoms with Crippen molar-refractivity contribution in [3.05, 3.63) is 23.8 Å². The van der Waals surface area contributed by atoms with Crippen LogP contribution in [-0.2, 0) is 0 Å². The molecule has 1 rings (SSSR count). The Morgan fingerprint density at radius 3 is 2.57 bits per heavy atom. The molecule has 0 radical (unpaired) electrons. The van der Waals surface area contributed by atoms with Crippen molar-refractivity contribution in [2.75, 3.05) is 20.3 Å². The van der Waals surface area contributed by atoms with Crippen LogP contribution in [0.1, 0.15) is 17.3 Å². The second kappa shape index (κ2) is 7.16. The summed E-state index contributed by atoms with van der Waals surface area (Å²) in [7, 11) is 1.43. The van der Waals surface area contributed by atoms with Crippen LogP contribution in [0.15, 0.2) is 18.2 Å². The van der Waals surface area contributed by atoms with Gasteiger partial charge in [0, 0.05) is 5.56 Å². The molecule has 5 nitrogen and oxygen atoms in total. The first-order chi connectivity index (χ1) is 9.79. The van der Waals surface area contributed by atoms with Gasteiger partial charge >= 0.3 is 6.18 Å². The van der Waals surface area contributed by atoms with Crippen molar-refractivity contribution in [1.82, 2.24) is 5.32 Å². The number of aliphatic hydroxyl groups is 1. The average molecular weight is 307 g/mol. The Morgan fingerprint density at radius 2 is 2.05 bits per heavy atom. The van der Waals surface area contributed by atoms with Crippen LogP contribution in [0.4, 0.5) is 13.2 Å². The lowest BCUT2D eigenvalue weighted by Gasteiger charge is -2.15. The lowest BCUT2D eigenvalue weighted by molar-refractivity contribution is -0.201. The highest BCUT2D eigenvalue weighted by molar-refractivity contribution is 5.94. The number of halogens is 3. The minimum absolute atomic E-state index is 0.105. The number of benzene rings is 1. The predicted molar refractivity (Wildman–Crippen MR) is 68.6 cm³/mol. The third-order valence-electron chi connectivity index (χ3n) is 2.56. The fraction of sp³-hybridized carbons (Fsp3) is 0.462. The molecule has 0 saturated carbocycles. The van der Waals surface area contributed by atoms with Crippen LogP contribution in [0.25, 0.3) is 0 Å². The summed E-state index contributed by atoms with van der Waals surface area (Å²) in [5, 5.41) is 10.8. The molecule has 21 heavy (non-hydrogen) atoms. The van der Waals surface area contributed by atoms with Crippen molar-refractivity contribution in [1.29, 1.82) is 0 Å². The highest BCUT2D eigenvalue weighted by atomic mass is 19.4. The van der Waals surface area contributed by atoms with E-state index in [1.54, 1.807) is 6.92 Å². The van der Waals surface area contributed by atoms with E-state index in [0.29, 0.717) is 18.1 Å². The van der Waals surface area contributed by atoms with Gasteiger partial charge in [-0.15, -0.1) is 0 Å². The molecule has 1 aromatic carbocycles. The Morgan fingerprint density at radius 1 is 1.38 bits per heavy atom. The topological polar surface area (TPSA) is 67.8 Å². The van der Waals surface area contributed by atoms with E-state index in [1.807, 2.05) is 5.32 Å². The molecule has 1 unspecified atom stereocenters. The van der Waals surface area contributed by atoms with Gasteiger partial charge in [0.2, 0.25) is 0 Å². The van der Waals surface area contributed by atoms with Gasteiger partial charge in [-0.25, -0.2) is 0 Å². The Balaban J connectivity index is 2.76.